The Labute approximate surface area is 129 Å². The van der Waals surface area contributed by atoms with Gasteiger partial charge in [0.1, 0.15) is 0 Å². The van der Waals surface area contributed by atoms with E-state index in [0.29, 0.717) is 5.92 Å². The first-order chi connectivity index (χ1) is 10.6. The molecule has 0 aliphatic carbocycles. The number of nitrogens with one attached hydrogen (secondary N) is 1. The van der Waals surface area contributed by atoms with Crippen LogP contribution in [0.2, 0.25) is 0 Å². The number of likely N-dealkylation sites (tertiary alicyclic amines) is 1. The Morgan fingerprint density at radius 1 is 1.36 bits per heavy atom. The molecule has 1 atom stereocenters. The number of aryl methyl sites for hydroxylation is 2. The number of nitrogens with zero attached hydrogens (tertiary/aromatic N) is 5. The van der Waals surface area contributed by atoms with Crippen molar-refractivity contribution in [3.8, 4) is 0 Å². The minimum absolute atomic E-state index is 0.0376. The van der Waals surface area contributed by atoms with Gasteiger partial charge in [-0.1, -0.05) is 0 Å². The van der Waals surface area contributed by atoms with Gasteiger partial charge in [-0.3, -0.25) is 9.36 Å². The van der Waals surface area contributed by atoms with Crippen molar-refractivity contribution in [3.63, 3.8) is 0 Å². The second kappa shape index (κ2) is 6.21. The topological polar surface area (TPSA) is 68.0 Å². The Morgan fingerprint density at radius 2 is 2.23 bits per heavy atom. The van der Waals surface area contributed by atoms with Crippen molar-refractivity contribution in [1.29, 1.82) is 0 Å². The number of carbonyl (C=O) groups is 1. The highest BCUT2D eigenvalue weighted by Gasteiger charge is 2.26. The molecule has 1 saturated heterocycles. The Kier molecular flexibility index (Phi) is 4.13. The summed E-state index contributed by atoms with van der Waals surface area (Å²) in [6, 6.07) is -0.0376. The van der Waals surface area contributed by atoms with E-state index in [1.807, 2.05) is 42.1 Å². The molecule has 3 rings (SSSR count). The molecule has 1 unspecified atom stereocenters. The average Bonchev–Trinajstić information content (AvgIpc) is 3.21. The SMILES string of the molecule is CCn1cc(NC(=O)N2CCC(Cc3cnn(C)c3)C2)cn1. The molecule has 3 heterocycles. The maximum atomic E-state index is 12.3. The molecule has 22 heavy (non-hydrogen) atoms. The van der Waals surface area contributed by atoms with Crippen molar-refractivity contribution in [2.75, 3.05) is 18.4 Å². The summed E-state index contributed by atoms with van der Waals surface area (Å²) in [5, 5.41) is 11.3. The van der Waals surface area contributed by atoms with Gasteiger partial charge in [-0.25, -0.2) is 4.79 Å². The van der Waals surface area contributed by atoms with Crippen LogP contribution in [-0.2, 0) is 20.0 Å². The Hall–Kier alpha value is -2.31. The van der Waals surface area contributed by atoms with Crippen molar-refractivity contribution < 1.29 is 4.79 Å². The second-order valence-corrected chi connectivity index (χ2v) is 5.84. The van der Waals surface area contributed by atoms with Gasteiger partial charge >= 0.3 is 6.03 Å². The summed E-state index contributed by atoms with van der Waals surface area (Å²) in [6.45, 7) is 4.41. The molecule has 0 radical (unpaired) electrons. The molecule has 0 bridgehead atoms. The van der Waals surface area contributed by atoms with Crippen LogP contribution in [0.4, 0.5) is 10.5 Å². The van der Waals surface area contributed by atoms with Gasteiger partial charge in [0.15, 0.2) is 0 Å². The van der Waals surface area contributed by atoms with Crippen LogP contribution < -0.4 is 5.32 Å². The van der Waals surface area contributed by atoms with E-state index >= 15 is 0 Å². The molecular formula is C15H22N6O. The predicted molar refractivity (Wildman–Crippen MR) is 83.5 cm³/mol. The van der Waals surface area contributed by atoms with Crippen LogP contribution >= 0.6 is 0 Å². The number of amides is 2. The summed E-state index contributed by atoms with van der Waals surface area (Å²) in [5.74, 6) is 0.508. The first-order valence-electron chi connectivity index (χ1n) is 7.70. The molecule has 0 aromatic carbocycles. The molecule has 7 nitrogen and oxygen atoms in total. The number of aromatic nitrogens is 4. The van der Waals surface area contributed by atoms with Gasteiger partial charge < -0.3 is 10.2 Å². The molecule has 0 spiro atoms. The van der Waals surface area contributed by atoms with Crippen molar-refractivity contribution in [2.24, 2.45) is 13.0 Å². The van der Waals surface area contributed by atoms with Crippen molar-refractivity contribution in [3.05, 3.63) is 30.4 Å². The average molecular weight is 302 g/mol. The lowest BCUT2D eigenvalue weighted by Crippen LogP contribution is -2.33. The van der Waals surface area contributed by atoms with Crippen LogP contribution in [0.3, 0.4) is 0 Å². The number of urea groups is 1. The van der Waals surface area contributed by atoms with E-state index in [1.165, 1.54) is 5.56 Å². The fourth-order valence-electron chi connectivity index (χ4n) is 2.90. The smallest absolute Gasteiger partial charge is 0.321 e. The molecule has 118 valence electrons. The van der Waals surface area contributed by atoms with Crippen molar-refractivity contribution in [2.45, 2.75) is 26.3 Å². The maximum absolute atomic E-state index is 12.3. The molecule has 2 aromatic rings. The lowest BCUT2D eigenvalue weighted by molar-refractivity contribution is 0.221. The van der Waals surface area contributed by atoms with Crippen LogP contribution in [0.1, 0.15) is 18.9 Å². The number of rotatable bonds is 4. The van der Waals surface area contributed by atoms with Gasteiger partial charge in [0.2, 0.25) is 0 Å². The fourth-order valence-corrected chi connectivity index (χ4v) is 2.90. The summed E-state index contributed by atoms with van der Waals surface area (Å²) < 4.78 is 3.62. The lowest BCUT2D eigenvalue weighted by Gasteiger charge is -2.16. The Bertz CT molecular complexity index is 646. The van der Waals surface area contributed by atoms with E-state index in [4.69, 9.17) is 0 Å². The van der Waals surface area contributed by atoms with E-state index in [9.17, 15) is 4.79 Å². The number of carbonyl (C=O) groups excluding carboxylic acids is 1. The van der Waals surface area contributed by atoms with E-state index < -0.39 is 0 Å². The second-order valence-electron chi connectivity index (χ2n) is 5.84. The summed E-state index contributed by atoms with van der Waals surface area (Å²) in [7, 11) is 1.92. The van der Waals surface area contributed by atoms with Gasteiger partial charge in [0.25, 0.3) is 0 Å². The largest absolute Gasteiger partial charge is 0.324 e. The molecule has 0 saturated carbocycles. The van der Waals surface area contributed by atoms with Crippen molar-refractivity contribution in [1.82, 2.24) is 24.5 Å². The van der Waals surface area contributed by atoms with Crippen LogP contribution in [0.15, 0.2) is 24.8 Å². The summed E-state index contributed by atoms with van der Waals surface area (Å²) in [4.78, 5) is 14.2. The number of hydrogen-bond donors (Lipinski definition) is 1. The minimum atomic E-state index is -0.0376. The number of anilines is 1. The van der Waals surface area contributed by atoms with E-state index in [-0.39, 0.29) is 6.03 Å². The van der Waals surface area contributed by atoms with Gasteiger partial charge in [-0.05, 0) is 31.2 Å². The molecular weight excluding hydrogens is 280 g/mol. The minimum Gasteiger partial charge on any atom is -0.324 e. The monoisotopic (exact) mass is 302 g/mol. The molecule has 1 N–H and O–H groups in total. The molecule has 1 aliphatic rings. The van der Waals surface area contributed by atoms with Crippen LogP contribution in [0.5, 0.6) is 0 Å². The normalized spacial score (nSPS) is 17.9. The third kappa shape index (κ3) is 3.29. The van der Waals surface area contributed by atoms with E-state index in [1.54, 1.807) is 10.9 Å². The van der Waals surface area contributed by atoms with Crippen LogP contribution in [0.25, 0.3) is 0 Å². The summed E-state index contributed by atoms with van der Waals surface area (Å²) in [6.07, 6.45) is 9.50. The first kappa shape index (κ1) is 14.6. The first-order valence-corrected chi connectivity index (χ1v) is 7.70. The fraction of sp³-hybridized carbons (Fsp3) is 0.533. The lowest BCUT2D eigenvalue weighted by atomic mass is 10.0. The van der Waals surface area contributed by atoms with Gasteiger partial charge in [0, 0.05) is 39.1 Å². The maximum Gasteiger partial charge on any atom is 0.321 e. The highest BCUT2D eigenvalue weighted by molar-refractivity contribution is 5.89. The quantitative estimate of drug-likeness (QED) is 0.935. The van der Waals surface area contributed by atoms with Crippen LogP contribution in [0, 0.1) is 5.92 Å². The zero-order valence-corrected chi connectivity index (χ0v) is 13.1. The predicted octanol–water partition coefficient (Wildman–Crippen LogP) is 1.73. The zero-order valence-electron chi connectivity index (χ0n) is 13.1. The third-order valence-corrected chi connectivity index (χ3v) is 4.06. The van der Waals surface area contributed by atoms with Gasteiger partial charge in [-0.2, -0.15) is 10.2 Å². The standard InChI is InChI=1S/C15H22N6O/c1-3-21-11-14(8-17-21)18-15(22)20-5-4-12(10-20)6-13-7-16-19(2)9-13/h7-9,11-12H,3-6,10H2,1-2H3,(H,18,22). The molecule has 2 amide bonds. The molecule has 2 aromatic heterocycles. The molecule has 1 fully saturated rings. The highest BCUT2D eigenvalue weighted by atomic mass is 16.2. The summed E-state index contributed by atoms with van der Waals surface area (Å²) in [5.41, 5.74) is 1.99. The van der Waals surface area contributed by atoms with Crippen molar-refractivity contribution >= 4 is 11.7 Å². The van der Waals surface area contributed by atoms with Gasteiger partial charge in [0.05, 0.1) is 18.1 Å². The molecule has 1 aliphatic heterocycles. The zero-order chi connectivity index (χ0) is 15.5. The summed E-state index contributed by atoms with van der Waals surface area (Å²) >= 11 is 0. The number of hydrogen-bond acceptors (Lipinski definition) is 3. The molecule has 7 heteroatoms. The third-order valence-electron chi connectivity index (χ3n) is 4.06. The highest BCUT2D eigenvalue weighted by Crippen LogP contribution is 2.21. The Balaban J connectivity index is 1.52. The Morgan fingerprint density at radius 3 is 2.91 bits per heavy atom. The van der Waals surface area contributed by atoms with Gasteiger partial charge in [-0.15, -0.1) is 0 Å². The van der Waals surface area contributed by atoms with Crippen LogP contribution in [-0.4, -0.2) is 43.6 Å². The van der Waals surface area contributed by atoms with E-state index in [0.717, 1.165) is 38.2 Å². The van der Waals surface area contributed by atoms with E-state index in [2.05, 4.69) is 15.5 Å².